The molecule has 0 unspecified atom stereocenters. The molecule has 0 radical (unpaired) electrons. The molecule has 0 aromatic carbocycles. The van der Waals surface area contributed by atoms with Crippen LogP contribution in [0.25, 0.3) is 0 Å². The molecule has 5 nitrogen and oxygen atoms in total. The second-order valence-corrected chi connectivity index (χ2v) is 4.93. The third-order valence-electron chi connectivity index (χ3n) is 3.21. The van der Waals surface area contributed by atoms with Crippen LogP contribution in [0.15, 0.2) is 15.8 Å². The summed E-state index contributed by atoms with van der Waals surface area (Å²) in [5, 5.41) is 0. The number of hydrogen-bond acceptors (Lipinski definition) is 3. The lowest BCUT2D eigenvalue weighted by Crippen LogP contribution is -2.40. The maximum absolute atomic E-state index is 12.1. The summed E-state index contributed by atoms with van der Waals surface area (Å²) >= 11 is 0. The minimum absolute atomic E-state index is 0.154. The molecular weight excluding hydrogens is 242 g/mol. The van der Waals surface area contributed by atoms with Gasteiger partial charge in [-0.2, -0.15) is 0 Å². The van der Waals surface area contributed by atoms with Crippen LogP contribution in [-0.2, 0) is 13.1 Å². The molecule has 2 N–H and O–H groups in total. The quantitative estimate of drug-likeness (QED) is 0.732. The first kappa shape index (κ1) is 15.5. The number of aromatic nitrogens is 2. The van der Waals surface area contributed by atoms with Crippen LogP contribution >= 0.6 is 0 Å². The van der Waals surface area contributed by atoms with E-state index in [0.717, 1.165) is 25.7 Å². The molecule has 5 heteroatoms. The Morgan fingerprint density at radius 1 is 1.00 bits per heavy atom. The smallest absolute Gasteiger partial charge is 0.331 e. The van der Waals surface area contributed by atoms with Gasteiger partial charge in [-0.25, -0.2) is 4.79 Å². The second-order valence-electron chi connectivity index (χ2n) is 4.93. The van der Waals surface area contributed by atoms with E-state index in [1.54, 1.807) is 0 Å². The van der Waals surface area contributed by atoms with Crippen molar-refractivity contribution in [3.05, 3.63) is 27.0 Å². The highest BCUT2D eigenvalue weighted by molar-refractivity contribution is 5.30. The van der Waals surface area contributed by atoms with Crippen LogP contribution in [-0.4, -0.2) is 9.13 Å². The molecule has 0 amide bonds. The van der Waals surface area contributed by atoms with E-state index >= 15 is 0 Å². The Morgan fingerprint density at radius 3 is 2.32 bits per heavy atom. The van der Waals surface area contributed by atoms with Gasteiger partial charge in [0.15, 0.2) is 0 Å². The van der Waals surface area contributed by atoms with Crippen molar-refractivity contribution in [3.63, 3.8) is 0 Å². The zero-order valence-corrected chi connectivity index (χ0v) is 12.0. The molecule has 1 aromatic heterocycles. The SMILES string of the molecule is CCCCCCCn1c(=O)c(N)cn(CCC)c1=O. The Balaban J connectivity index is 2.81. The van der Waals surface area contributed by atoms with Crippen molar-refractivity contribution in [2.45, 2.75) is 65.5 Å². The molecule has 1 heterocycles. The van der Waals surface area contributed by atoms with Crippen LogP contribution < -0.4 is 17.0 Å². The van der Waals surface area contributed by atoms with Crippen LogP contribution in [0, 0.1) is 0 Å². The maximum atomic E-state index is 12.1. The summed E-state index contributed by atoms with van der Waals surface area (Å²) < 4.78 is 2.81. The molecule has 1 rings (SSSR count). The Hall–Kier alpha value is -1.52. The Kier molecular flexibility index (Phi) is 6.39. The summed E-state index contributed by atoms with van der Waals surface area (Å²) in [6.45, 7) is 5.21. The first-order chi connectivity index (χ1) is 9.11. The lowest BCUT2D eigenvalue weighted by molar-refractivity contribution is 0.509. The van der Waals surface area contributed by atoms with Gasteiger partial charge < -0.3 is 5.73 Å². The summed E-state index contributed by atoms with van der Waals surface area (Å²) in [6.07, 6.45) is 7.73. The molecule has 108 valence electrons. The van der Waals surface area contributed by atoms with E-state index in [1.165, 1.54) is 28.2 Å². The lowest BCUT2D eigenvalue weighted by Gasteiger charge is -2.10. The highest BCUT2D eigenvalue weighted by Gasteiger charge is 2.08. The molecule has 0 fully saturated rings. The summed E-state index contributed by atoms with van der Waals surface area (Å²) in [4.78, 5) is 24.0. The highest BCUT2D eigenvalue weighted by Crippen LogP contribution is 2.03. The number of nitrogens with zero attached hydrogens (tertiary/aromatic N) is 2. The van der Waals surface area contributed by atoms with Crippen LogP contribution in [0.1, 0.15) is 52.4 Å². The summed E-state index contributed by atoms with van der Waals surface area (Å²) in [5.41, 5.74) is 5.24. The molecular formula is C14H25N3O2. The highest BCUT2D eigenvalue weighted by atomic mass is 16.2. The van der Waals surface area contributed by atoms with E-state index in [-0.39, 0.29) is 16.9 Å². The average molecular weight is 267 g/mol. The van der Waals surface area contributed by atoms with Gasteiger partial charge in [0.05, 0.1) is 0 Å². The van der Waals surface area contributed by atoms with Crippen molar-refractivity contribution >= 4 is 5.69 Å². The van der Waals surface area contributed by atoms with Crippen LogP contribution in [0.3, 0.4) is 0 Å². The second kappa shape index (κ2) is 7.81. The van der Waals surface area contributed by atoms with E-state index in [0.29, 0.717) is 13.1 Å². The molecule has 19 heavy (non-hydrogen) atoms. The van der Waals surface area contributed by atoms with E-state index in [9.17, 15) is 9.59 Å². The predicted octanol–water partition coefficient (Wildman–Crippen LogP) is 1.97. The number of hydrogen-bond donors (Lipinski definition) is 1. The topological polar surface area (TPSA) is 70.0 Å². The molecule has 0 aliphatic rings. The average Bonchev–Trinajstić information content (AvgIpc) is 2.39. The fraction of sp³-hybridized carbons (Fsp3) is 0.714. The Bertz CT molecular complexity index is 502. The number of rotatable bonds is 8. The van der Waals surface area contributed by atoms with Gasteiger partial charge in [-0.05, 0) is 12.8 Å². The van der Waals surface area contributed by atoms with Crippen molar-refractivity contribution in [2.24, 2.45) is 0 Å². The largest absolute Gasteiger partial charge is 0.393 e. The van der Waals surface area contributed by atoms with Gasteiger partial charge in [0.25, 0.3) is 5.56 Å². The molecule has 0 saturated carbocycles. The van der Waals surface area contributed by atoms with Crippen LogP contribution in [0.2, 0.25) is 0 Å². The molecule has 0 spiro atoms. The van der Waals surface area contributed by atoms with Crippen molar-refractivity contribution in [2.75, 3.05) is 5.73 Å². The fourth-order valence-corrected chi connectivity index (χ4v) is 2.15. The molecule has 0 saturated heterocycles. The minimum atomic E-state index is -0.354. The van der Waals surface area contributed by atoms with E-state index in [2.05, 4.69) is 6.92 Å². The van der Waals surface area contributed by atoms with Crippen molar-refractivity contribution in [1.82, 2.24) is 9.13 Å². The third-order valence-corrected chi connectivity index (χ3v) is 3.21. The molecule has 1 aromatic rings. The number of aryl methyl sites for hydroxylation is 1. The number of nitrogens with two attached hydrogens (primary N) is 1. The molecule has 0 aliphatic carbocycles. The van der Waals surface area contributed by atoms with Gasteiger partial charge in [-0.15, -0.1) is 0 Å². The minimum Gasteiger partial charge on any atom is -0.393 e. The third kappa shape index (κ3) is 4.26. The van der Waals surface area contributed by atoms with Crippen LogP contribution in [0.5, 0.6) is 0 Å². The van der Waals surface area contributed by atoms with Crippen LogP contribution in [0.4, 0.5) is 5.69 Å². The van der Waals surface area contributed by atoms with E-state index in [4.69, 9.17) is 5.73 Å². The summed E-state index contributed by atoms with van der Waals surface area (Å²) in [5.74, 6) is 0. The fourth-order valence-electron chi connectivity index (χ4n) is 2.15. The normalized spacial score (nSPS) is 10.8. The van der Waals surface area contributed by atoms with Crippen molar-refractivity contribution in [1.29, 1.82) is 0 Å². The van der Waals surface area contributed by atoms with E-state index < -0.39 is 0 Å². The molecule has 0 aliphatic heterocycles. The first-order valence-electron chi connectivity index (χ1n) is 7.21. The zero-order valence-electron chi connectivity index (χ0n) is 12.0. The number of unbranched alkanes of at least 4 members (excludes halogenated alkanes) is 4. The number of nitrogen functional groups attached to an aromatic ring is 1. The van der Waals surface area contributed by atoms with Gasteiger partial charge in [0.2, 0.25) is 0 Å². The predicted molar refractivity (Wildman–Crippen MR) is 78.4 cm³/mol. The van der Waals surface area contributed by atoms with Gasteiger partial charge in [-0.1, -0.05) is 39.5 Å². The standard InChI is InChI=1S/C14H25N3O2/c1-3-5-6-7-8-10-17-13(18)12(15)11-16(9-4-2)14(17)19/h11H,3-10,15H2,1-2H3. The number of anilines is 1. The molecule has 0 bridgehead atoms. The van der Waals surface area contributed by atoms with Gasteiger partial charge in [0.1, 0.15) is 5.69 Å². The van der Waals surface area contributed by atoms with E-state index in [1.807, 2.05) is 6.92 Å². The van der Waals surface area contributed by atoms with Gasteiger partial charge in [-0.3, -0.25) is 13.9 Å². The molecule has 0 atom stereocenters. The summed E-state index contributed by atoms with van der Waals surface area (Å²) in [7, 11) is 0. The van der Waals surface area contributed by atoms with Gasteiger partial charge >= 0.3 is 5.69 Å². The summed E-state index contributed by atoms with van der Waals surface area (Å²) in [6, 6.07) is 0. The van der Waals surface area contributed by atoms with Crippen molar-refractivity contribution in [3.8, 4) is 0 Å². The Labute approximate surface area is 114 Å². The Morgan fingerprint density at radius 2 is 1.68 bits per heavy atom. The first-order valence-corrected chi connectivity index (χ1v) is 7.21. The van der Waals surface area contributed by atoms with Crippen molar-refractivity contribution < 1.29 is 0 Å². The van der Waals surface area contributed by atoms with Gasteiger partial charge in [0, 0.05) is 19.3 Å². The monoisotopic (exact) mass is 267 g/mol. The zero-order chi connectivity index (χ0) is 14.3. The lowest BCUT2D eigenvalue weighted by atomic mass is 10.1. The maximum Gasteiger partial charge on any atom is 0.331 e.